The predicted octanol–water partition coefficient (Wildman–Crippen LogP) is 1.62. The van der Waals surface area contributed by atoms with Crippen LogP contribution in [0.5, 0.6) is 0 Å². The number of nitrogen functional groups attached to an aromatic ring is 1. The molecule has 3 N–H and O–H groups in total. The third-order valence-corrected chi connectivity index (χ3v) is 2.42. The summed E-state index contributed by atoms with van der Waals surface area (Å²) in [6, 6.07) is 1.66. The van der Waals surface area contributed by atoms with Crippen LogP contribution in [0.4, 0.5) is 5.69 Å². The molecule has 1 heterocycles. The van der Waals surface area contributed by atoms with Gasteiger partial charge in [-0.3, -0.25) is 4.79 Å². The second-order valence-corrected chi connectivity index (χ2v) is 4.13. The van der Waals surface area contributed by atoms with Crippen molar-refractivity contribution in [1.82, 2.24) is 9.88 Å². The minimum atomic E-state index is -0.127. The van der Waals surface area contributed by atoms with E-state index < -0.39 is 0 Å². The van der Waals surface area contributed by atoms with Crippen molar-refractivity contribution < 1.29 is 4.79 Å². The number of amides is 1. The summed E-state index contributed by atoms with van der Waals surface area (Å²) >= 11 is 0. The zero-order valence-electron chi connectivity index (χ0n) is 10.4. The maximum Gasteiger partial charge on any atom is 0.268 e. The van der Waals surface area contributed by atoms with Gasteiger partial charge in [-0.05, 0) is 19.4 Å². The Hall–Kier alpha value is -1.89. The van der Waals surface area contributed by atoms with Crippen molar-refractivity contribution in [1.29, 1.82) is 0 Å². The summed E-state index contributed by atoms with van der Waals surface area (Å²) in [7, 11) is 0. The van der Waals surface area contributed by atoms with E-state index in [0.29, 0.717) is 17.8 Å². The summed E-state index contributed by atoms with van der Waals surface area (Å²) in [6.07, 6.45) is 8.46. The van der Waals surface area contributed by atoms with Crippen molar-refractivity contribution in [2.45, 2.75) is 39.3 Å². The third kappa shape index (κ3) is 3.56. The van der Waals surface area contributed by atoms with E-state index in [9.17, 15) is 4.79 Å². The van der Waals surface area contributed by atoms with Crippen molar-refractivity contribution in [3.63, 3.8) is 0 Å². The molecule has 4 heteroatoms. The van der Waals surface area contributed by atoms with Crippen LogP contribution in [0.3, 0.4) is 0 Å². The first-order chi connectivity index (χ1) is 8.08. The monoisotopic (exact) mass is 233 g/mol. The van der Waals surface area contributed by atoms with Crippen LogP contribution in [-0.2, 0) is 6.54 Å². The van der Waals surface area contributed by atoms with Crippen molar-refractivity contribution in [3.8, 4) is 12.3 Å². The van der Waals surface area contributed by atoms with Crippen molar-refractivity contribution >= 4 is 11.6 Å². The van der Waals surface area contributed by atoms with Gasteiger partial charge in [0.05, 0.1) is 5.69 Å². The molecule has 1 rings (SSSR count). The van der Waals surface area contributed by atoms with Crippen LogP contribution in [0.1, 0.15) is 37.2 Å². The van der Waals surface area contributed by atoms with Gasteiger partial charge >= 0.3 is 0 Å². The molecule has 0 radical (unpaired) electrons. The number of carbonyl (C=O) groups is 1. The van der Waals surface area contributed by atoms with Crippen molar-refractivity contribution in [3.05, 3.63) is 18.0 Å². The molecule has 0 spiro atoms. The average Bonchev–Trinajstić information content (AvgIpc) is 2.60. The Balaban J connectivity index is 2.78. The number of aromatic nitrogens is 1. The van der Waals surface area contributed by atoms with E-state index in [-0.39, 0.29) is 11.9 Å². The van der Waals surface area contributed by atoms with Crippen LogP contribution in [0.25, 0.3) is 0 Å². The van der Waals surface area contributed by atoms with Crippen molar-refractivity contribution in [2.24, 2.45) is 0 Å². The summed E-state index contributed by atoms with van der Waals surface area (Å²) in [5.41, 5.74) is 6.90. The Labute approximate surface area is 102 Å². The zero-order valence-corrected chi connectivity index (χ0v) is 10.4. The number of aryl methyl sites for hydroxylation is 1. The second-order valence-electron chi connectivity index (χ2n) is 4.13. The molecule has 4 nitrogen and oxygen atoms in total. The molecule has 0 saturated heterocycles. The lowest BCUT2D eigenvalue weighted by atomic mass is 10.2. The number of hydrogen-bond acceptors (Lipinski definition) is 2. The number of nitrogens with two attached hydrogens (primary N) is 1. The van der Waals surface area contributed by atoms with E-state index in [0.717, 1.165) is 13.0 Å². The summed E-state index contributed by atoms with van der Waals surface area (Å²) in [5, 5.41) is 2.85. The molecule has 92 valence electrons. The van der Waals surface area contributed by atoms with Gasteiger partial charge in [0.1, 0.15) is 5.69 Å². The molecule has 0 aliphatic carbocycles. The van der Waals surface area contributed by atoms with Crippen LogP contribution in [0.2, 0.25) is 0 Å². The van der Waals surface area contributed by atoms with E-state index in [1.165, 1.54) is 0 Å². The number of hydrogen-bond donors (Lipinski definition) is 2. The van der Waals surface area contributed by atoms with Gasteiger partial charge < -0.3 is 15.6 Å². The lowest BCUT2D eigenvalue weighted by Crippen LogP contribution is -2.33. The molecule has 0 aliphatic rings. The maximum absolute atomic E-state index is 12.0. The summed E-state index contributed by atoms with van der Waals surface area (Å²) in [5.74, 6) is 2.40. The molecular formula is C13H19N3O. The fraction of sp³-hybridized carbons (Fsp3) is 0.462. The Kier molecular flexibility index (Phi) is 4.65. The molecule has 0 bridgehead atoms. The number of anilines is 1. The predicted molar refractivity (Wildman–Crippen MR) is 69.5 cm³/mol. The normalized spacial score (nSPS) is 11.8. The highest BCUT2D eigenvalue weighted by Crippen LogP contribution is 2.11. The van der Waals surface area contributed by atoms with Gasteiger partial charge in [-0.2, -0.15) is 0 Å². The maximum atomic E-state index is 12.0. The Morgan fingerprint density at radius 3 is 3.00 bits per heavy atom. The van der Waals surface area contributed by atoms with E-state index in [1.54, 1.807) is 12.3 Å². The molecule has 0 aromatic carbocycles. The fourth-order valence-electron chi connectivity index (χ4n) is 1.67. The first-order valence-electron chi connectivity index (χ1n) is 5.78. The van der Waals surface area contributed by atoms with Gasteiger partial charge in [-0.25, -0.2) is 0 Å². The Morgan fingerprint density at radius 1 is 1.71 bits per heavy atom. The zero-order chi connectivity index (χ0) is 12.8. The minimum absolute atomic E-state index is 0.0290. The van der Waals surface area contributed by atoms with Gasteiger partial charge in [0.15, 0.2) is 0 Å². The third-order valence-electron chi connectivity index (χ3n) is 2.42. The van der Waals surface area contributed by atoms with Crippen LogP contribution >= 0.6 is 0 Å². The smallest absolute Gasteiger partial charge is 0.268 e. The van der Waals surface area contributed by atoms with E-state index in [1.807, 2.05) is 11.5 Å². The molecule has 1 unspecified atom stereocenters. The number of rotatable bonds is 5. The highest BCUT2D eigenvalue weighted by molar-refractivity contribution is 5.94. The molecule has 0 fully saturated rings. The van der Waals surface area contributed by atoms with E-state index in [4.69, 9.17) is 12.2 Å². The molecule has 1 amide bonds. The second kappa shape index (κ2) is 6.00. The first kappa shape index (κ1) is 13.2. The van der Waals surface area contributed by atoms with Crippen LogP contribution in [-0.4, -0.2) is 16.5 Å². The highest BCUT2D eigenvalue weighted by Gasteiger charge is 2.14. The standard InChI is InChI=1S/C13H19N3O/c1-4-6-10(3)15-13(17)12-8-11(14)9-16(12)7-5-2/h1,8-10H,5-7,14H2,2-3H3,(H,15,17). The lowest BCUT2D eigenvalue weighted by molar-refractivity contribution is 0.0931. The minimum Gasteiger partial charge on any atom is -0.397 e. The largest absolute Gasteiger partial charge is 0.397 e. The average molecular weight is 233 g/mol. The number of nitrogens with one attached hydrogen (secondary N) is 1. The molecule has 0 aliphatic heterocycles. The van der Waals surface area contributed by atoms with E-state index >= 15 is 0 Å². The van der Waals surface area contributed by atoms with Gasteiger partial charge in [0, 0.05) is 25.2 Å². The van der Waals surface area contributed by atoms with Gasteiger partial charge in [0.2, 0.25) is 0 Å². The molecule has 1 atom stereocenters. The first-order valence-corrected chi connectivity index (χ1v) is 5.78. The molecule has 1 aromatic rings. The van der Waals surface area contributed by atoms with E-state index in [2.05, 4.69) is 18.2 Å². The fourth-order valence-corrected chi connectivity index (χ4v) is 1.67. The SMILES string of the molecule is C#CCC(C)NC(=O)c1cc(N)cn1CCC. The molecular weight excluding hydrogens is 214 g/mol. The van der Waals surface area contributed by atoms with Gasteiger partial charge in [0.25, 0.3) is 5.91 Å². The highest BCUT2D eigenvalue weighted by atomic mass is 16.2. The molecule has 0 saturated carbocycles. The summed E-state index contributed by atoms with van der Waals surface area (Å²) < 4.78 is 1.87. The lowest BCUT2D eigenvalue weighted by Gasteiger charge is -2.12. The topological polar surface area (TPSA) is 60.1 Å². The molecule has 17 heavy (non-hydrogen) atoms. The van der Waals surface area contributed by atoms with Crippen LogP contribution in [0, 0.1) is 12.3 Å². The van der Waals surface area contributed by atoms with Crippen LogP contribution < -0.4 is 11.1 Å². The van der Waals surface area contributed by atoms with Crippen molar-refractivity contribution in [2.75, 3.05) is 5.73 Å². The quantitative estimate of drug-likeness (QED) is 0.759. The Morgan fingerprint density at radius 2 is 2.41 bits per heavy atom. The summed E-state index contributed by atoms with van der Waals surface area (Å²) in [4.78, 5) is 12.0. The van der Waals surface area contributed by atoms with Gasteiger partial charge in [-0.1, -0.05) is 6.92 Å². The number of nitrogens with zero attached hydrogens (tertiary/aromatic N) is 1. The van der Waals surface area contributed by atoms with Crippen LogP contribution in [0.15, 0.2) is 12.3 Å². The Bertz CT molecular complexity index is 428. The number of carbonyl (C=O) groups excluding carboxylic acids is 1. The summed E-state index contributed by atoms with van der Waals surface area (Å²) in [6.45, 7) is 4.72. The van der Waals surface area contributed by atoms with Gasteiger partial charge in [-0.15, -0.1) is 12.3 Å². The molecule has 1 aromatic heterocycles. The number of terminal acetylenes is 1.